The Labute approximate surface area is 175 Å². The largest absolute Gasteiger partial charge is 0.379 e. The van der Waals surface area contributed by atoms with E-state index in [9.17, 15) is 9.18 Å². The predicted molar refractivity (Wildman–Crippen MR) is 112 cm³/mol. The molecule has 1 aromatic carbocycles. The van der Waals surface area contributed by atoms with Gasteiger partial charge in [-0.1, -0.05) is 41.4 Å². The maximum atomic E-state index is 14.8. The van der Waals surface area contributed by atoms with Crippen molar-refractivity contribution in [2.45, 2.75) is 24.8 Å². The standard InChI is InChI=1S/C19H17Cl2FN4OS/c20-11-6-14(21)16(24-8-11)17(27)25-12-3-4-15(22)13(7-12)19-5-1-2-10(19)9-28-18(23)26-19/h3-4,6-8,10H,1-2,5,9H2,(H2,23,26)(H,25,27)/t10-,19-/m0/s1. The molecule has 2 heterocycles. The summed E-state index contributed by atoms with van der Waals surface area (Å²) >= 11 is 13.4. The number of carbonyl (C=O) groups is 1. The average Bonchev–Trinajstić information content (AvgIpc) is 3.07. The Morgan fingerprint density at radius 3 is 2.96 bits per heavy atom. The molecular weight excluding hydrogens is 422 g/mol. The maximum Gasteiger partial charge on any atom is 0.275 e. The highest BCUT2D eigenvalue weighted by atomic mass is 35.5. The summed E-state index contributed by atoms with van der Waals surface area (Å²) in [6.07, 6.45) is 4.02. The number of amides is 1. The lowest BCUT2D eigenvalue weighted by Crippen LogP contribution is -2.37. The van der Waals surface area contributed by atoms with Gasteiger partial charge in [0.05, 0.1) is 15.6 Å². The molecule has 146 valence electrons. The van der Waals surface area contributed by atoms with Gasteiger partial charge in [-0.25, -0.2) is 9.37 Å². The number of hydrogen-bond acceptors (Lipinski definition) is 5. The van der Waals surface area contributed by atoms with Gasteiger partial charge in [-0.2, -0.15) is 0 Å². The van der Waals surface area contributed by atoms with Crippen molar-refractivity contribution in [3.05, 3.63) is 57.6 Å². The minimum absolute atomic E-state index is 0.0465. The first-order valence-corrected chi connectivity index (χ1v) is 10.5. The Morgan fingerprint density at radius 2 is 2.18 bits per heavy atom. The van der Waals surface area contributed by atoms with E-state index in [-0.39, 0.29) is 22.5 Å². The number of aliphatic imine (C=N–C) groups is 1. The number of benzene rings is 1. The smallest absolute Gasteiger partial charge is 0.275 e. The van der Waals surface area contributed by atoms with Crippen molar-refractivity contribution in [1.29, 1.82) is 0 Å². The lowest BCUT2D eigenvalue weighted by atomic mass is 9.81. The van der Waals surface area contributed by atoms with Crippen LogP contribution in [0.1, 0.15) is 35.3 Å². The number of carbonyl (C=O) groups excluding carboxylic acids is 1. The quantitative estimate of drug-likeness (QED) is 0.718. The van der Waals surface area contributed by atoms with Crippen LogP contribution >= 0.6 is 35.0 Å². The molecule has 2 aromatic rings. The number of hydrogen-bond donors (Lipinski definition) is 2. The average molecular weight is 439 g/mol. The third-order valence-corrected chi connectivity index (χ3v) is 6.69. The molecule has 1 aromatic heterocycles. The fourth-order valence-electron chi connectivity index (χ4n) is 3.97. The number of thioether (sulfide) groups is 1. The molecule has 1 aliphatic heterocycles. The van der Waals surface area contributed by atoms with Crippen molar-refractivity contribution < 1.29 is 9.18 Å². The maximum absolute atomic E-state index is 14.8. The molecule has 0 bridgehead atoms. The lowest BCUT2D eigenvalue weighted by Gasteiger charge is -2.36. The number of nitrogens with one attached hydrogen (secondary N) is 1. The van der Waals surface area contributed by atoms with Crippen LogP contribution in [0.25, 0.3) is 0 Å². The number of nitrogens with zero attached hydrogens (tertiary/aromatic N) is 2. The van der Waals surface area contributed by atoms with Crippen molar-refractivity contribution in [1.82, 2.24) is 4.98 Å². The van der Waals surface area contributed by atoms with Crippen LogP contribution in [0, 0.1) is 11.7 Å². The number of rotatable bonds is 3. The number of aromatic nitrogens is 1. The van der Waals surface area contributed by atoms with Crippen molar-refractivity contribution in [3.8, 4) is 0 Å². The van der Waals surface area contributed by atoms with E-state index < -0.39 is 11.4 Å². The molecule has 2 atom stereocenters. The summed E-state index contributed by atoms with van der Waals surface area (Å²) in [5.41, 5.74) is 6.26. The van der Waals surface area contributed by atoms with E-state index in [1.165, 1.54) is 36.2 Å². The lowest BCUT2D eigenvalue weighted by molar-refractivity contribution is 0.102. The highest BCUT2D eigenvalue weighted by Gasteiger charge is 2.48. The molecule has 2 aliphatic rings. The van der Waals surface area contributed by atoms with E-state index in [0.29, 0.717) is 21.4 Å². The Bertz CT molecular complexity index is 986. The number of halogens is 3. The van der Waals surface area contributed by atoms with Gasteiger partial charge in [0, 0.05) is 23.2 Å². The Morgan fingerprint density at radius 1 is 1.36 bits per heavy atom. The molecular formula is C19H17Cl2FN4OS. The van der Waals surface area contributed by atoms with E-state index in [0.717, 1.165) is 25.0 Å². The molecule has 4 rings (SSSR count). The van der Waals surface area contributed by atoms with Crippen LogP contribution in [0.5, 0.6) is 0 Å². The molecule has 0 saturated heterocycles. The molecule has 0 spiro atoms. The zero-order chi connectivity index (χ0) is 19.9. The van der Waals surface area contributed by atoms with Gasteiger partial charge in [0.25, 0.3) is 5.91 Å². The van der Waals surface area contributed by atoms with Gasteiger partial charge in [0.2, 0.25) is 0 Å². The van der Waals surface area contributed by atoms with Gasteiger partial charge in [-0.3, -0.25) is 9.79 Å². The summed E-state index contributed by atoms with van der Waals surface area (Å²) in [5, 5.41) is 3.69. The number of fused-ring (bicyclic) bond motifs is 1. The van der Waals surface area contributed by atoms with Crippen molar-refractivity contribution in [3.63, 3.8) is 0 Å². The van der Waals surface area contributed by atoms with E-state index in [2.05, 4.69) is 15.3 Å². The summed E-state index contributed by atoms with van der Waals surface area (Å²) < 4.78 is 14.8. The molecule has 1 amide bonds. The molecule has 5 nitrogen and oxygen atoms in total. The van der Waals surface area contributed by atoms with Crippen molar-refractivity contribution in [2.75, 3.05) is 11.1 Å². The van der Waals surface area contributed by atoms with Crippen molar-refractivity contribution in [2.24, 2.45) is 16.6 Å². The van der Waals surface area contributed by atoms with Gasteiger partial charge in [-0.15, -0.1) is 0 Å². The number of nitrogens with two attached hydrogens (primary N) is 1. The summed E-state index contributed by atoms with van der Waals surface area (Å²) in [5.74, 6) is 0.186. The molecule has 0 unspecified atom stereocenters. The molecule has 1 saturated carbocycles. The van der Waals surface area contributed by atoms with E-state index in [4.69, 9.17) is 28.9 Å². The summed E-state index contributed by atoms with van der Waals surface area (Å²) in [6, 6.07) is 5.94. The highest BCUT2D eigenvalue weighted by Crippen LogP contribution is 2.51. The summed E-state index contributed by atoms with van der Waals surface area (Å²) in [6.45, 7) is 0. The fourth-order valence-corrected chi connectivity index (χ4v) is 5.47. The molecule has 9 heteroatoms. The number of amidine groups is 1. The van der Waals surface area contributed by atoms with E-state index in [1.54, 1.807) is 6.07 Å². The van der Waals surface area contributed by atoms with Gasteiger partial charge < -0.3 is 11.1 Å². The molecule has 1 aliphatic carbocycles. The van der Waals surface area contributed by atoms with Crippen LogP contribution in [0.3, 0.4) is 0 Å². The second-order valence-electron chi connectivity index (χ2n) is 6.91. The molecule has 0 radical (unpaired) electrons. The van der Waals surface area contributed by atoms with Gasteiger partial charge >= 0.3 is 0 Å². The zero-order valence-corrected chi connectivity index (χ0v) is 17.0. The first-order valence-electron chi connectivity index (χ1n) is 8.79. The zero-order valence-electron chi connectivity index (χ0n) is 14.7. The van der Waals surface area contributed by atoms with Crippen LogP contribution in [-0.2, 0) is 5.54 Å². The van der Waals surface area contributed by atoms with Crippen LogP contribution < -0.4 is 11.1 Å². The second kappa shape index (κ2) is 7.54. The van der Waals surface area contributed by atoms with Crippen molar-refractivity contribution >= 4 is 51.7 Å². The Hall–Kier alpha value is -1.83. The Balaban J connectivity index is 1.68. The number of pyridine rings is 1. The minimum Gasteiger partial charge on any atom is -0.379 e. The highest BCUT2D eigenvalue weighted by molar-refractivity contribution is 8.13. The first-order chi connectivity index (χ1) is 13.4. The topological polar surface area (TPSA) is 80.4 Å². The van der Waals surface area contributed by atoms with E-state index in [1.807, 2.05) is 0 Å². The van der Waals surface area contributed by atoms with Gasteiger partial charge in [0.15, 0.2) is 5.17 Å². The van der Waals surface area contributed by atoms with E-state index >= 15 is 0 Å². The van der Waals surface area contributed by atoms with Crippen LogP contribution in [-0.4, -0.2) is 21.8 Å². The van der Waals surface area contributed by atoms with Gasteiger partial charge in [0.1, 0.15) is 11.5 Å². The van der Waals surface area contributed by atoms with Gasteiger partial charge in [-0.05, 0) is 43.0 Å². The summed E-state index contributed by atoms with van der Waals surface area (Å²) in [7, 11) is 0. The summed E-state index contributed by atoms with van der Waals surface area (Å²) in [4.78, 5) is 21.2. The van der Waals surface area contributed by atoms with Crippen LogP contribution in [0.4, 0.5) is 10.1 Å². The second-order valence-corrected chi connectivity index (χ2v) is 8.79. The molecule has 1 fully saturated rings. The molecule has 28 heavy (non-hydrogen) atoms. The van der Waals surface area contributed by atoms with Crippen LogP contribution in [0.2, 0.25) is 10.0 Å². The molecule has 3 N–H and O–H groups in total. The SMILES string of the molecule is NC1=N[C@@]2(c3cc(NC(=O)c4ncc(Cl)cc4Cl)ccc3F)CCC[C@H]2CS1. The third-order valence-electron chi connectivity index (χ3n) is 5.24. The fraction of sp³-hybridized carbons (Fsp3) is 0.316. The number of anilines is 1. The Kier molecular flexibility index (Phi) is 5.24. The minimum atomic E-state index is -0.670. The normalized spacial score (nSPS) is 23.8. The third kappa shape index (κ3) is 3.47. The van der Waals surface area contributed by atoms with Crippen LogP contribution in [0.15, 0.2) is 35.5 Å². The monoisotopic (exact) mass is 438 g/mol. The predicted octanol–water partition coefficient (Wildman–Crippen LogP) is 4.84. The first kappa shape index (κ1) is 19.5.